The molecule has 2 heterocycles. The van der Waals surface area contributed by atoms with Gasteiger partial charge in [-0.1, -0.05) is 12.1 Å². The van der Waals surface area contributed by atoms with Crippen LogP contribution in [-0.2, 0) is 9.84 Å². The molecule has 2 aromatic rings. The van der Waals surface area contributed by atoms with Crippen molar-refractivity contribution in [3.8, 4) is 0 Å². The number of fused-ring (bicyclic) bond motifs is 1. The smallest absolute Gasteiger partial charge is 0.274 e. The van der Waals surface area contributed by atoms with Gasteiger partial charge in [-0.3, -0.25) is 9.78 Å². The molecule has 1 unspecified atom stereocenters. The lowest BCUT2D eigenvalue weighted by Gasteiger charge is -2.27. The van der Waals surface area contributed by atoms with Crippen molar-refractivity contribution in [1.29, 1.82) is 0 Å². The minimum absolute atomic E-state index is 0.0657. The maximum absolute atomic E-state index is 12.9. The highest BCUT2D eigenvalue weighted by molar-refractivity contribution is 7.91. The maximum Gasteiger partial charge on any atom is 0.274 e. The molecule has 6 nitrogen and oxygen atoms in total. The molecule has 7 heteroatoms. The standard InChI is InChI=1S/C16H17N3O3S/c20-16(15-9-17-13-3-1-2-4-14(13)18-15)19(11-5-6-11)12-7-8-23(21,22)10-12/h1-4,9,11-12H,5-8,10H2. The topological polar surface area (TPSA) is 80.2 Å². The van der Waals surface area contributed by atoms with E-state index in [1.807, 2.05) is 24.3 Å². The lowest BCUT2D eigenvalue weighted by Crippen LogP contribution is -2.43. The number of amides is 1. The molecule has 1 aliphatic carbocycles. The lowest BCUT2D eigenvalue weighted by atomic mass is 10.2. The number of carbonyl (C=O) groups is 1. The van der Waals surface area contributed by atoms with Crippen molar-refractivity contribution in [2.75, 3.05) is 11.5 Å². The van der Waals surface area contributed by atoms with E-state index in [0.29, 0.717) is 17.6 Å². The zero-order chi connectivity index (χ0) is 16.0. The zero-order valence-corrected chi connectivity index (χ0v) is 13.4. The molecule has 23 heavy (non-hydrogen) atoms. The molecule has 2 fully saturated rings. The van der Waals surface area contributed by atoms with Crippen LogP contribution in [0.2, 0.25) is 0 Å². The molecular formula is C16H17N3O3S. The fourth-order valence-corrected chi connectivity index (χ4v) is 4.88. The summed E-state index contributed by atoms with van der Waals surface area (Å²) in [6, 6.07) is 7.31. The number of sulfone groups is 1. The quantitative estimate of drug-likeness (QED) is 0.850. The number of nitrogens with zero attached hydrogens (tertiary/aromatic N) is 3. The first-order chi connectivity index (χ1) is 11.0. The van der Waals surface area contributed by atoms with Crippen LogP contribution < -0.4 is 0 Å². The molecule has 1 aromatic carbocycles. The fraction of sp³-hybridized carbons (Fsp3) is 0.438. The number of hydrogen-bond donors (Lipinski definition) is 0. The Morgan fingerprint density at radius 3 is 2.48 bits per heavy atom. The van der Waals surface area contributed by atoms with E-state index < -0.39 is 9.84 Å². The van der Waals surface area contributed by atoms with E-state index in [9.17, 15) is 13.2 Å². The molecule has 4 rings (SSSR count). The van der Waals surface area contributed by atoms with E-state index in [0.717, 1.165) is 18.4 Å². The lowest BCUT2D eigenvalue weighted by molar-refractivity contribution is 0.0674. The zero-order valence-electron chi connectivity index (χ0n) is 12.6. The molecule has 1 amide bonds. The van der Waals surface area contributed by atoms with E-state index in [4.69, 9.17) is 0 Å². The Morgan fingerprint density at radius 2 is 1.83 bits per heavy atom. The predicted molar refractivity (Wildman–Crippen MR) is 85.8 cm³/mol. The monoisotopic (exact) mass is 331 g/mol. The highest BCUT2D eigenvalue weighted by atomic mass is 32.2. The summed E-state index contributed by atoms with van der Waals surface area (Å²) >= 11 is 0. The Hall–Kier alpha value is -2.02. The van der Waals surface area contributed by atoms with Crippen molar-refractivity contribution in [3.05, 3.63) is 36.2 Å². The van der Waals surface area contributed by atoms with Crippen LogP contribution >= 0.6 is 0 Å². The first-order valence-electron chi connectivity index (χ1n) is 7.78. The van der Waals surface area contributed by atoms with E-state index in [1.54, 1.807) is 4.90 Å². The van der Waals surface area contributed by atoms with Gasteiger partial charge in [0.2, 0.25) is 0 Å². The third kappa shape index (κ3) is 2.81. The molecular weight excluding hydrogens is 314 g/mol. The molecule has 1 saturated carbocycles. The van der Waals surface area contributed by atoms with Gasteiger partial charge >= 0.3 is 0 Å². The summed E-state index contributed by atoms with van der Waals surface area (Å²) in [6.45, 7) is 0. The fourth-order valence-electron chi connectivity index (χ4n) is 3.17. The third-order valence-corrected chi connectivity index (χ3v) is 6.19. The van der Waals surface area contributed by atoms with Crippen molar-refractivity contribution >= 4 is 26.8 Å². The van der Waals surface area contributed by atoms with Crippen LogP contribution in [0, 0.1) is 0 Å². The van der Waals surface area contributed by atoms with Crippen LogP contribution in [0.5, 0.6) is 0 Å². The second kappa shape index (κ2) is 5.26. The minimum Gasteiger partial charge on any atom is -0.330 e. The molecule has 1 aromatic heterocycles. The van der Waals surface area contributed by atoms with Crippen LogP contribution in [0.3, 0.4) is 0 Å². The molecule has 1 saturated heterocycles. The van der Waals surface area contributed by atoms with Crippen LogP contribution in [-0.4, -0.2) is 52.8 Å². The van der Waals surface area contributed by atoms with Gasteiger partial charge in [0.25, 0.3) is 5.91 Å². The second-order valence-electron chi connectivity index (χ2n) is 6.24. The van der Waals surface area contributed by atoms with Crippen LogP contribution in [0.4, 0.5) is 0 Å². The highest BCUT2D eigenvalue weighted by Crippen LogP contribution is 2.33. The molecule has 1 aliphatic heterocycles. The van der Waals surface area contributed by atoms with Crippen LogP contribution in [0.15, 0.2) is 30.5 Å². The van der Waals surface area contributed by atoms with Gasteiger partial charge in [-0.25, -0.2) is 13.4 Å². The third-order valence-electron chi connectivity index (χ3n) is 4.44. The Morgan fingerprint density at radius 1 is 1.09 bits per heavy atom. The number of para-hydroxylation sites is 2. The van der Waals surface area contributed by atoms with Gasteiger partial charge in [0, 0.05) is 12.1 Å². The summed E-state index contributed by atoms with van der Waals surface area (Å²) in [7, 11) is -3.03. The summed E-state index contributed by atoms with van der Waals surface area (Å²) in [5.74, 6) is 0.0289. The van der Waals surface area contributed by atoms with Crippen molar-refractivity contribution in [1.82, 2.24) is 14.9 Å². The maximum atomic E-state index is 12.9. The van der Waals surface area contributed by atoms with Crippen molar-refractivity contribution in [2.45, 2.75) is 31.3 Å². The first-order valence-corrected chi connectivity index (χ1v) is 9.60. The van der Waals surface area contributed by atoms with Crippen molar-refractivity contribution in [3.63, 3.8) is 0 Å². The van der Waals surface area contributed by atoms with Gasteiger partial charge < -0.3 is 4.90 Å². The first kappa shape index (κ1) is 14.6. The number of benzene rings is 1. The summed E-state index contributed by atoms with van der Waals surface area (Å²) in [4.78, 5) is 23.3. The minimum atomic E-state index is -3.03. The van der Waals surface area contributed by atoms with Crippen LogP contribution in [0.25, 0.3) is 11.0 Å². The van der Waals surface area contributed by atoms with Crippen molar-refractivity contribution < 1.29 is 13.2 Å². The van der Waals surface area contributed by atoms with Gasteiger partial charge in [0.15, 0.2) is 9.84 Å². The SMILES string of the molecule is O=C(c1cnc2ccccc2n1)N(C1CC1)C1CCS(=O)(=O)C1. The summed E-state index contributed by atoms with van der Waals surface area (Å²) in [5.41, 5.74) is 1.71. The number of carbonyl (C=O) groups excluding carboxylic acids is 1. The Bertz CT molecular complexity index is 877. The Labute approximate surface area is 134 Å². The Kier molecular flexibility index (Phi) is 3.33. The summed E-state index contributed by atoms with van der Waals surface area (Å²) < 4.78 is 23.5. The normalized spacial score (nSPS) is 23.0. The summed E-state index contributed by atoms with van der Waals surface area (Å²) in [6.07, 6.45) is 3.88. The van der Waals surface area contributed by atoms with Gasteiger partial charge in [-0.05, 0) is 31.4 Å². The molecule has 120 valence electrons. The number of aromatic nitrogens is 2. The van der Waals surface area contributed by atoms with Gasteiger partial charge in [-0.2, -0.15) is 0 Å². The average molecular weight is 331 g/mol. The predicted octanol–water partition coefficient (Wildman–Crippen LogP) is 1.42. The largest absolute Gasteiger partial charge is 0.330 e. The van der Waals surface area contributed by atoms with Gasteiger partial charge in [-0.15, -0.1) is 0 Å². The Balaban J connectivity index is 1.66. The average Bonchev–Trinajstić information content (AvgIpc) is 3.30. The molecule has 0 bridgehead atoms. The summed E-state index contributed by atoms with van der Waals surface area (Å²) in [5, 5.41) is 0. The van der Waals surface area contributed by atoms with Gasteiger partial charge in [0.05, 0.1) is 28.7 Å². The number of rotatable bonds is 3. The second-order valence-corrected chi connectivity index (χ2v) is 8.47. The van der Waals surface area contributed by atoms with Crippen LogP contribution in [0.1, 0.15) is 29.8 Å². The highest BCUT2D eigenvalue weighted by Gasteiger charge is 2.42. The molecule has 0 spiro atoms. The number of hydrogen-bond acceptors (Lipinski definition) is 5. The van der Waals surface area contributed by atoms with E-state index >= 15 is 0 Å². The van der Waals surface area contributed by atoms with E-state index in [1.165, 1.54) is 6.20 Å². The molecule has 1 atom stereocenters. The van der Waals surface area contributed by atoms with E-state index in [2.05, 4.69) is 9.97 Å². The van der Waals surface area contributed by atoms with Crippen molar-refractivity contribution in [2.24, 2.45) is 0 Å². The van der Waals surface area contributed by atoms with E-state index in [-0.39, 0.29) is 29.5 Å². The molecule has 0 radical (unpaired) electrons. The molecule has 2 aliphatic rings. The van der Waals surface area contributed by atoms with Gasteiger partial charge in [0.1, 0.15) is 5.69 Å². The molecule has 0 N–H and O–H groups in total.